The van der Waals surface area contributed by atoms with Crippen molar-refractivity contribution in [3.63, 3.8) is 0 Å². The molecule has 5 nitrogen and oxygen atoms in total. The monoisotopic (exact) mass is 407 g/mol. The van der Waals surface area contributed by atoms with Crippen LogP contribution in [0.1, 0.15) is 16.7 Å². The van der Waals surface area contributed by atoms with Crippen molar-refractivity contribution < 1.29 is 21.6 Å². The standard InChI is InChI=1S/C19H16F3N3O2S/c20-19(21,22)17-6-1-7-18(10-17)28(26,27)25(13-15-4-2-8-23-11-15)14-16-5-3-9-24-12-16/h1-12H,13-14H2. The van der Waals surface area contributed by atoms with E-state index in [0.717, 1.165) is 22.5 Å². The molecule has 0 saturated carbocycles. The molecule has 9 heteroatoms. The molecule has 3 rings (SSSR count). The maximum atomic E-state index is 13.1. The summed E-state index contributed by atoms with van der Waals surface area (Å²) in [6.45, 7) is -0.0807. The van der Waals surface area contributed by atoms with Crippen LogP contribution in [0.15, 0.2) is 78.2 Å². The largest absolute Gasteiger partial charge is 0.416 e. The molecular weight excluding hydrogens is 391 g/mol. The summed E-state index contributed by atoms with van der Waals surface area (Å²) in [6, 6.07) is 10.4. The number of halogens is 3. The van der Waals surface area contributed by atoms with E-state index in [9.17, 15) is 21.6 Å². The van der Waals surface area contributed by atoms with E-state index in [-0.39, 0.29) is 13.1 Å². The normalized spacial score (nSPS) is 12.3. The Hall–Kier alpha value is -2.78. The van der Waals surface area contributed by atoms with Crippen molar-refractivity contribution >= 4 is 10.0 Å². The molecule has 0 spiro atoms. The van der Waals surface area contributed by atoms with E-state index < -0.39 is 26.7 Å². The van der Waals surface area contributed by atoms with E-state index in [1.807, 2.05) is 0 Å². The zero-order valence-corrected chi connectivity index (χ0v) is 15.4. The number of benzene rings is 1. The van der Waals surface area contributed by atoms with Crippen molar-refractivity contribution in [1.82, 2.24) is 14.3 Å². The number of hydrogen-bond donors (Lipinski definition) is 0. The van der Waals surface area contributed by atoms with Crippen LogP contribution in [0.2, 0.25) is 0 Å². The second kappa shape index (κ2) is 8.07. The SMILES string of the molecule is O=S(=O)(c1cccc(C(F)(F)F)c1)N(Cc1cccnc1)Cc1cccnc1. The van der Waals surface area contributed by atoms with E-state index in [4.69, 9.17) is 0 Å². The van der Waals surface area contributed by atoms with Crippen molar-refractivity contribution in [2.24, 2.45) is 0 Å². The lowest BCUT2D eigenvalue weighted by atomic mass is 10.2. The van der Waals surface area contributed by atoms with Crippen LogP contribution in [0.25, 0.3) is 0 Å². The minimum atomic E-state index is -4.64. The lowest BCUT2D eigenvalue weighted by Gasteiger charge is -2.23. The second-order valence-corrected chi connectivity index (χ2v) is 7.96. The number of pyridine rings is 2. The Labute approximate surface area is 160 Å². The van der Waals surface area contributed by atoms with Gasteiger partial charge in [0.25, 0.3) is 0 Å². The first-order valence-corrected chi connectivity index (χ1v) is 9.66. The van der Waals surface area contributed by atoms with Gasteiger partial charge in [-0.25, -0.2) is 8.42 Å². The first kappa shape index (κ1) is 20.0. The highest BCUT2D eigenvalue weighted by Gasteiger charge is 2.33. The van der Waals surface area contributed by atoms with Crippen LogP contribution in [-0.4, -0.2) is 22.7 Å². The lowest BCUT2D eigenvalue weighted by Crippen LogP contribution is -2.30. The van der Waals surface area contributed by atoms with Crippen molar-refractivity contribution in [2.75, 3.05) is 0 Å². The third-order valence-corrected chi connectivity index (χ3v) is 5.75. The number of nitrogens with zero attached hydrogens (tertiary/aromatic N) is 3. The fourth-order valence-electron chi connectivity index (χ4n) is 2.60. The van der Waals surface area contributed by atoms with Gasteiger partial charge in [0.15, 0.2) is 0 Å². The molecule has 0 aliphatic rings. The van der Waals surface area contributed by atoms with Gasteiger partial charge in [-0.1, -0.05) is 18.2 Å². The number of alkyl halides is 3. The summed E-state index contributed by atoms with van der Waals surface area (Å²) in [5.74, 6) is 0. The van der Waals surface area contributed by atoms with E-state index >= 15 is 0 Å². The Bertz CT molecular complexity index is 986. The summed E-state index contributed by atoms with van der Waals surface area (Å²) in [4.78, 5) is 7.51. The number of aromatic nitrogens is 2. The van der Waals surface area contributed by atoms with Gasteiger partial charge in [0.1, 0.15) is 0 Å². The molecule has 2 aromatic heterocycles. The molecule has 0 radical (unpaired) electrons. The van der Waals surface area contributed by atoms with E-state index in [1.165, 1.54) is 12.4 Å². The van der Waals surface area contributed by atoms with Gasteiger partial charge in [0, 0.05) is 37.9 Å². The summed E-state index contributed by atoms with van der Waals surface area (Å²) < 4.78 is 66.5. The van der Waals surface area contributed by atoms with Gasteiger partial charge in [0.05, 0.1) is 10.5 Å². The van der Waals surface area contributed by atoms with Crippen LogP contribution in [-0.2, 0) is 29.3 Å². The molecule has 0 aliphatic carbocycles. The molecule has 2 heterocycles. The molecular formula is C19H16F3N3O2S. The highest BCUT2D eigenvalue weighted by molar-refractivity contribution is 7.89. The quantitative estimate of drug-likeness (QED) is 0.622. The number of hydrogen-bond acceptors (Lipinski definition) is 4. The number of sulfonamides is 1. The topological polar surface area (TPSA) is 63.2 Å². The molecule has 0 fully saturated rings. The molecule has 0 saturated heterocycles. The van der Waals surface area contributed by atoms with Crippen molar-refractivity contribution in [1.29, 1.82) is 0 Å². The van der Waals surface area contributed by atoms with Gasteiger partial charge in [0.2, 0.25) is 10.0 Å². The van der Waals surface area contributed by atoms with Gasteiger partial charge < -0.3 is 0 Å². The molecule has 3 aromatic rings. The van der Waals surface area contributed by atoms with Gasteiger partial charge >= 0.3 is 6.18 Å². The third kappa shape index (κ3) is 4.73. The van der Waals surface area contributed by atoms with E-state index in [0.29, 0.717) is 17.2 Å². The van der Waals surface area contributed by atoms with Crippen LogP contribution in [0, 0.1) is 0 Å². The van der Waals surface area contributed by atoms with Crippen LogP contribution in [0.3, 0.4) is 0 Å². The van der Waals surface area contributed by atoms with Gasteiger partial charge in [-0.2, -0.15) is 17.5 Å². The Morgan fingerprint density at radius 3 is 1.89 bits per heavy atom. The molecule has 146 valence electrons. The molecule has 0 unspecified atom stereocenters. The van der Waals surface area contributed by atoms with Crippen molar-refractivity contribution in [2.45, 2.75) is 24.2 Å². The molecule has 1 aromatic carbocycles. The maximum Gasteiger partial charge on any atom is 0.416 e. The molecule has 0 amide bonds. The van der Waals surface area contributed by atoms with Crippen LogP contribution >= 0.6 is 0 Å². The highest BCUT2D eigenvalue weighted by atomic mass is 32.2. The average molecular weight is 407 g/mol. The summed E-state index contributed by atoms with van der Waals surface area (Å²) in [7, 11) is -4.20. The predicted molar refractivity (Wildman–Crippen MR) is 96.4 cm³/mol. The number of rotatable bonds is 6. The average Bonchev–Trinajstić information content (AvgIpc) is 2.68. The van der Waals surface area contributed by atoms with Gasteiger partial charge in [-0.3, -0.25) is 9.97 Å². The molecule has 28 heavy (non-hydrogen) atoms. The Morgan fingerprint density at radius 1 is 0.857 bits per heavy atom. The highest BCUT2D eigenvalue weighted by Crippen LogP contribution is 2.31. The fourth-order valence-corrected chi connectivity index (χ4v) is 4.06. The lowest BCUT2D eigenvalue weighted by molar-refractivity contribution is -0.137. The van der Waals surface area contributed by atoms with E-state index in [1.54, 1.807) is 36.7 Å². The third-order valence-electron chi connectivity index (χ3n) is 3.96. The van der Waals surface area contributed by atoms with Crippen LogP contribution in [0.5, 0.6) is 0 Å². The smallest absolute Gasteiger partial charge is 0.264 e. The van der Waals surface area contributed by atoms with Gasteiger partial charge in [-0.15, -0.1) is 0 Å². The minimum absolute atomic E-state index is 0.0404. The predicted octanol–water partition coefficient (Wildman–Crippen LogP) is 3.89. The van der Waals surface area contributed by atoms with Gasteiger partial charge in [-0.05, 0) is 41.5 Å². The summed E-state index contributed by atoms with van der Waals surface area (Å²) in [5.41, 5.74) is 0.208. The fraction of sp³-hybridized carbons (Fsp3) is 0.158. The minimum Gasteiger partial charge on any atom is -0.264 e. The van der Waals surface area contributed by atoms with E-state index in [2.05, 4.69) is 9.97 Å². The zero-order chi connectivity index (χ0) is 20.2. The Balaban J connectivity index is 2.00. The van der Waals surface area contributed by atoms with Crippen LogP contribution in [0.4, 0.5) is 13.2 Å². The van der Waals surface area contributed by atoms with Crippen LogP contribution < -0.4 is 0 Å². The molecule has 0 N–H and O–H groups in total. The summed E-state index contributed by atoms with van der Waals surface area (Å²) in [5, 5.41) is 0. The molecule has 0 aliphatic heterocycles. The molecule has 0 atom stereocenters. The zero-order valence-electron chi connectivity index (χ0n) is 14.5. The first-order valence-electron chi connectivity index (χ1n) is 8.22. The summed E-state index contributed by atoms with van der Waals surface area (Å²) >= 11 is 0. The maximum absolute atomic E-state index is 13.1. The molecule has 0 bridgehead atoms. The van der Waals surface area contributed by atoms with Crippen molar-refractivity contribution in [3.05, 3.63) is 90.0 Å². The first-order chi connectivity index (χ1) is 13.3. The summed E-state index contributed by atoms with van der Waals surface area (Å²) in [6.07, 6.45) is 1.49. The van der Waals surface area contributed by atoms with Crippen molar-refractivity contribution in [3.8, 4) is 0 Å². The Kier molecular flexibility index (Phi) is 5.76. The Morgan fingerprint density at radius 2 is 1.43 bits per heavy atom. The second-order valence-electron chi connectivity index (χ2n) is 6.02.